The minimum absolute atomic E-state index is 0. The minimum atomic E-state index is -3.78. The molecule has 0 atom stereocenters. The third kappa shape index (κ3) is 31.3. The van der Waals surface area contributed by atoms with Gasteiger partial charge >= 0.3 is 44.7 Å². The number of allylic oxidation sites excluding steroid dienone is 2. The number of hydrogen-bond acceptors (Lipinski definition) is 2. The van der Waals surface area contributed by atoms with Gasteiger partial charge in [-0.2, -0.15) is 0 Å². The first-order valence-electron chi connectivity index (χ1n) is 3.43. The first kappa shape index (κ1) is 21.1. The first-order chi connectivity index (χ1) is 6.12. The molecule has 0 aromatic rings. The van der Waals surface area contributed by atoms with Gasteiger partial charge in [0.2, 0.25) is 0 Å². The molecule has 0 bridgehead atoms. The molecule has 6 nitrogen and oxygen atoms in total. The van der Waals surface area contributed by atoms with Crippen molar-refractivity contribution in [2.24, 2.45) is 0 Å². The zero-order chi connectivity index (χ0) is 11.8. The van der Waals surface area contributed by atoms with Crippen LogP contribution in [-0.4, -0.2) is 61.5 Å². The van der Waals surface area contributed by atoms with Crippen LogP contribution >= 0.6 is 15.2 Å². The molecule has 0 aliphatic heterocycles. The summed E-state index contributed by atoms with van der Waals surface area (Å²) in [6, 6.07) is 0. The van der Waals surface area contributed by atoms with Crippen LogP contribution in [0.3, 0.4) is 0 Å². The summed E-state index contributed by atoms with van der Waals surface area (Å²) in [7, 11) is -7.57. The molecule has 0 saturated heterocycles. The molecule has 0 saturated carbocycles. The summed E-state index contributed by atoms with van der Waals surface area (Å²) >= 11 is 0. The van der Waals surface area contributed by atoms with Gasteiger partial charge in [-0.05, 0) is 0 Å². The fraction of sp³-hybridized carbons (Fsp3) is 0.333. The summed E-state index contributed by atoms with van der Waals surface area (Å²) in [5, 5.41) is 0. The van der Waals surface area contributed by atoms with Gasteiger partial charge < -0.3 is 19.6 Å². The second-order valence-electron chi connectivity index (χ2n) is 2.27. The van der Waals surface area contributed by atoms with Crippen molar-refractivity contribution in [3.63, 3.8) is 0 Å². The van der Waals surface area contributed by atoms with E-state index in [-0.39, 0.29) is 41.9 Å². The van der Waals surface area contributed by atoms with E-state index >= 15 is 0 Å². The van der Waals surface area contributed by atoms with Gasteiger partial charge in [0, 0.05) is 0 Å². The average Bonchev–Trinajstić information content (AvgIpc) is 1.81. The Bertz CT molecular complexity index is 239. The SMILES string of the molecule is C=CCP(=O)(O)O.C=CCP(=O)(O)O.[NaH]. The van der Waals surface area contributed by atoms with Crippen LogP contribution in [0.1, 0.15) is 0 Å². The Morgan fingerprint density at radius 2 is 1.07 bits per heavy atom. The molecule has 15 heavy (non-hydrogen) atoms. The van der Waals surface area contributed by atoms with E-state index in [1.54, 1.807) is 0 Å². The van der Waals surface area contributed by atoms with Crippen LogP contribution in [0.15, 0.2) is 25.3 Å². The van der Waals surface area contributed by atoms with E-state index in [4.69, 9.17) is 19.6 Å². The van der Waals surface area contributed by atoms with Crippen LogP contribution in [-0.2, 0) is 9.13 Å². The zero-order valence-electron chi connectivity index (χ0n) is 7.48. The summed E-state index contributed by atoms with van der Waals surface area (Å²) in [6.45, 7) is 6.31. The van der Waals surface area contributed by atoms with Crippen molar-refractivity contribution in [3.8, 4) is 0 Å². The van der Waals surface area contributed by atoms with Crippen molar-refractivity contribution in [2.45, 2.75) is 0 Å². The third-order valence-electron chi connectivity index (χ3n) is 0.734. The van der Waals surface area contributed by atoms with E-state index < -0.39 is 15.2 Å². The second kappa shape index (κ2) is 9.97. The molecule has 0 unspecified atom stereocenters. The van der Waals surface area contributed by atoms with E-state index in [2.05, 4.69) is 13.2 Å². The zero-order valence-corrected chi connectivity index (χ0v) is 9.27. The van der Waals surface area contributed by atoms with Gasteiger partial charge in [-0.25, -0.2) is 0 Å². The molecular formula is C6H15NaO6P2. The summed E-state index contributed by atoms with van der Waals surface area (Å²) in [5.74, 6) is 0. The van der Waals surface area contributed by atoms with Crippen molar-refractivity contribution in [1.82, 2.24) is 0 Å². The summed E-state index contributed by atoms with van der Waals surface area (Å²) in [6.07, 6.45) is 1.93. The first-order valence-corrected chi connectivity index (χ1v) is 7.03. The van der Waals surface area contributed by atoms with Crippen LogP contribution in [0.2, 0.25) is 0 Å². The summed E-state index contributed by atoms with van der Waals surface area (Å²) < 4.78 is 19.7. The Kier molecular flexibility index (Phi) is 14.0. The predicted molar refractivity (Wildman–Crippen MR) is 61.4 cm³/mol. The molecule has 0 aromatic carbocycles. The molecule has 0 aliphatic rings. The Labute approximate surface area is 111 Å². The standard InChI is InChI=1S/2C3H7O3P.Na.H/c2*1-2-3-7(4,5)6;;/h2*2H,1,3H2,(H2,4,5,6);;. The van der Waals surface area contributed by atoms with E-state index in [0.717, 1.165) is 0 Å². The Balaban J connectivity index is -0.000000180. The number of hydrogen-bond donors (Lipinski definition) is 4. The molecule has 0 heterocycles. The predicted octanol–water partition coefficient (Wildman–Crippen LogP) is 0.0517. The van der Waals surface area contributed by atoms with Gasteiger partial charge in [0.05, 0.1) is 12.3 Å². The maximum absolute atomic E-state index is 9.85. The molecule has 0 radical (unpaired) electrons. The van der Waals surface area contributed by atoms with E-state index in [0.29, 0.717) is 0 Å². The molecule has 0 fully saturated rings. The molecule has 86 valence electrons. The van der Waals surface area contributed by atoms with Crippen molar-refractivity contribution in [2.75, 3.05) is 12.3 Å². The fourth-order valence-electron chi connectivity index (χ4n) is 0.336. The molecule has 4 N–H and O–H groups in total. The van der Waals surface area contributed by atoms with Gasteiger partial charge in [-0.1, -0.05) is 12.2 Å². The quantitative estimate of drug-likeness (QED) is 0.325. The molecular weight excluding hydrogens is 253 g/mol. The van der Waals surface area contributed by atoms with Gasteiger partial charge in [0.1, 0.15) is 0 Å². The summed E-state index contributed by atoms with van der Waals surface area (Å²) in [5.41, 5.74) is 0. The van der Waals surface area contributed by atoms with E-state index in [9.17, 15) is 9.13 Å². The second-order valence-corrected chi connectivity index (χ2v) is 5.66. The molecule has 0 aliphatic carbocycles. The molecule has 0 amide bonds. The van der Waals surface area contributed by atoms with E-state index in [1.807, 2.05) is 0 Å². The van der Waals surface area contributed by atoms with Crippen molar-refractivity contribution >= 4 is 44.7 Å². The molecule has 0 spiro atoms. The van der Waals surface area contributed by atoms with Crippen LogP contribution in [0.25, 0.3) is 0 Å². The fourth-order valence-corrected chi connectivity index (χ4v) is 1.01. The van der Waals surface area contributed by atoms with Gasteiger partial charge in [0.25, 0.3) is 0 Å². The van der Waals surface area contributed by atoms with Gasteiger partial charge in [0.15, 0.2) is 0 Å². The topological polar surface area (TPSA) is 115 Å². The van der Waals surface area contributed by atoms with Crippen LogP contribution < -0.4 is 0 Å². The monoisotopic (exact) mass is 268 g/mol. The molecule has 0 aromatic heterocycles. The van der Waals surface area contributed by atoms with Crippen LogP contribution in [0, 0.1) is 0 Å². The van der Waals surface area contributed by atoms with Crippen molar-refractivity contribution < 1.29 is 28.7 Å². The van der Waals surface area contributed by atoms with Crippen molar-refractivity contribution in [1.29, 1.82) is 0 Å². The Morgan fingerprint density at radius 1 is 0.867 bits per heavy atom. The van der Waals surface area contributed by atoms with E-state index in [1.165, 1.54) is 12.2 Å². The van der Waals surface area contributed by atoms with Crippen LogP contribution in [0.5, 0.6) is 0 Å². The molecule has 0 rings (SSSR count). The Hall–Kier alpha value is 0.780. The van der Waals surface area contributed by atoms with Gasteiger partial charge in [-0.15, -0.1) is 13.2 Å². The van der Waals surface area contributed by atoms with Crippen molar-refractivity contribution in [3.05, 3.63) is 25.3 Å². The Morgan fingerprint density at radius 3 is 1.07 bits per heavy atom. The molecule has 9 heteroatoms. The maximum atomic E-state index is 9.85. The van der Waals surface area contributed by atoms with Crippen LogP contribution in [0.4, 0.5) is 0 Å². The normalized spacial score (nSPS) is 10.4. The number of rotatable bonds is 4. The average molecular weight is 268 g/mol. The summed E-state index contributed by atoms with van der Waals surface area (Å²) in [4.78, 5) is 32.2. The third-order valence-corrected chi connectivity index (χ3v) is 2.20. The van der Waals surface area contributed by atoms with Gasteiger partial charge in [-0.3, -0.25) is 9.13 Å².